The Balaban J connectivity index is 2.30. The van der Waals surface area contributed by atoms with E-state index in [1.165, 1.54) is 31.2 Å². The van der Waals surface area contributed by atoms with Gasteiger partial charge in [-0.25, -0.2) is 35.5 Å². The molecule has 0 aliphatic carbocycles. The predicted octanol–water partition coefficient (Wildman–Crippen LogP) is 1.65. The molecule has 2 aromatic rings. The molecule has 6 nitrogen and oxygen atoms in total. The number of hydrogen-bond acceptors (Lipinski definition) is 4. The molecule has 0 saturated carbocycles. The van der Waals surface area contributed by atoms with Gasteiger partial charge in [0.05, 0.1) is 4.90 Å². The van der Waals surface area contributed by atoms with Gasteiger partial charge in [-0.1, -0.05) is 18.2 Å². The minimum absolute atomic E-state index is 0.138. The van der Waals surface area contributed by atoms with Crippen LogP contribution >= 0.6 is 0 Å². The van der Waals surface area contributed by atoms with Crippen LogP contribution in [0.15, 0.2) is 52.3 Å². The van der Waals surface area contributed by atoms with E-state index in [2.05, 4.69) is 4.72 Å². The lowest BCUT2D eigenvalue weighted by Crippen LogP contribution is -2.28. The Labute approximate surface area is 138 Å². The zero-order valence-corrected chi connectivity index (χ0v) is 14.0. The molecule has 0 fully saturated rings. The fourth-order valence-electron chi connectivity index (χ4n) is 2.05. The normalized spacial score (nSPS) is 13.7. The van der Waals surface area contributed by atoms with E-state index in [-0.39, 0.29) is 4.90 Å². The molecule has 3 N–H and O–H groups in total. The van der Waals surface area contributed by atoms with Gasteiger partial charge in [-0.3, -0.25) is 0 Å². The van der Waals surface area contributed by atoms with Crippen molar-refractivity contribution in [3.05, 3.63) is 59.7 Å². The summed E-state index contributed by atoms with van der Waals surface area (Å²) in [5.74, 6) is -2.42. The molecule has 10 heteroatoms. The van der Waals surface area contributed by atoms with E-state index >= 15 is 0 Å². The predicted molar refractivity (Wildman–Crippen MR) is 82.9 cm³/mol. The largest absolute Gasteiger partial charge is 0.246 e. The monoisotopic (exact) mass is 376 g/mol. The molecule has 2 rings (SSSR count). The van der Waals surface area contributed by atoms with Crippen LogP contribution in [0.1, 0.15) is 18.5 Å². The zero-order chi connectivity index (χ0) is 18.1. The molecule has 0 saturated heterocycles. The molecule has 1 unspecified atom stereocenters. The van der Waals surface area contributed by atoms with Crippen LogP contribution in [0.3, 0.4) is 0 Å². The highest BCUT2D eigenvalue weighted by Crippen LogP contribution is 2.22. The summed E-state index contributed by atoms with van der Waals surface area (Å²) in [6, 6.07) is 6.99. The standard InChI is InChI=1S/C14H14F2N2O4S2/c1-9(10-5-7-11(8-6-10)23(17,19)20)18-24(21,22)14-12(15)3-2-4-13(14)16/h2-9,18H,1H3,(H2,17,19,20). The van der Waals surface area contributed by atoms with Crippen molar-refractivity contribution in [2.45, 2.75) is 22.8 Å². The number of rotatable bonds is 5. The summed E-state index contributed by atoms with van der Waals surface area (Å²) in [5, 5.41) is 4.97. The SMILES string of the molecule is CC(NS(=O)(=O)c1c(F)cccc1F)c1ccc(S(N)(=O)=O)cc1. The maximum Gasteiger partial charge on any atom is 0.246 e. The number of sulfonamides is 2. The first-order valence-corrected chi connectivity index (χ1v) is 9.64. The average Bonchev–Trinajstić information content (AvgIpc) is 2.45. The van der Waals surface area contributed by atoms with Crippen molar-refractivity contribution in [1.82, 2.24) is 4.72 Å². The maximum absolute atomic E-state index is 13.6. The van der Waals surface area contributed by atoms with Crippen molar-refractivity contribution in [2.75, 3.05) is 0 Å². The van der Waals surface area contributed by atoms with Gasteiger partial charge in [-0.05, 0) is 36.8 Å². The average molecular weight is 376 g/mol. The molecule has 0 amide bonds. The summed E-state index contributed by atoms with van der Waals surface area (Å²) in [4.78, 5) is -1.21. The summed E-state index contributed by atoms with van der Waals surface area (Å²) in [6.07, 6.45) is 0. The van der Waals surface area contributed by atoms with Crippen molar-refractivity contribution in [3.63, 3.8) is 0 Å². The topological polar surface area (TPSA) is 106 Å². The lowest BCUT2D eigenvalue weighted by atomic mass is 10.1. The van der Waals surface area contributed by atoms with E-state index in [1.807, 2.05) is 0 Å². The van der Waals surface area contributed by atoms with Gasteiger partial charge in [0.2, 0.25) is 20.0 Å². The van der Waals surface area contributed by atoms with Crippen molar-refractivity contribution in [2.24, 2.45) is 5.14 Å². The molecular weight excluding hydrogens is 362 g/mol. The lowest BCUT2D eigenvalue weighted by molar-refractivity contribution is 0.509. The summed E-state index contributed by atoms with van der Waals surface area (Å²) in [5.41, 5.74) is 0.391. The van der Waals surface area contributed by atoms with Crippen LogP contribution in [0, 0.1) is 11.6 Å². The minimum atomic E-state index is -4.45. The van der Waals surface area contributed by atoms with Gasteiger partial charge in [0.1, 0.15) is 11.6 Å². The number of halogens is 2. The molecule has 1 atom stereocenters. The third-order valence-corrected chi connectivity index (χ3v) is 5.75. The zero-order valence-electron chi connectivity index (χ0n) is 12.4. The van der Waals surface area contributed by atoms with Gasteiger partial charge < -0.3 is 0 Å². The summed E-state index contributed by atoms with van der Waals surface area (Å²) in [6.45, 7) is 1.45. The second-order valence-electron chi connectivity index (χ2n) is 5.01. The van der Waals surface area contributed by atoms with E-state index in [0.717, 1.165) is 18.2 Å². The number of benzene rings is 2. The fourth-order valence-corrected chi connectivity index (χ4v) is 3.93. The lowest BCUT2D eigenvalue weighted by Gasteiger charge is -2.15. The molecule has 0 bridgehead atoms. The van der Waals surface area contributed by atoms with Crippen molar-refractivity contribution in [1.29, 1.82) is 0 Å². The first-order chi connectivity index (χ1) is 11.0. The Bertz CT molecular complexity index is 939. The van der Waals surface area contributed by atoms with E-state index in [9.17, 15) is 25.6 Å². The van der Waals surface area contributed by atoms with Gasteiger partial charge >= 0.3 is 0 Å². The summed E-state index contributed by atoms with van der Waals surface area (Å²) < 4.78 is 76.2. The molecule has 130 valence electrons. The third-order valence-electron chi connectivity index (χ3n) is 3.23. The Hall–Kier alpha value is -1.88. The highest BCUT2D eigenvalue weighted by molar-refractivity contribution is 7.89. The Morgan fingerprint density at radius 3 is 1.92 bits per heavy atom. The molecule has 0 aromatic heterocycles. The highest BCUT2D eigenvalue weighted by atomic mass is 32.2. The van der Waals surface area contributed by atoms with E-state index in [1.54, 1.807) is 0 Å². The molecule has 0 radical (unpaired) electrons. The fraction of sp³-hybridized carbons (Fsp3) is 0.143. The maximum atomic E-state index is 13.6. The van der Waals surface area contributed by atoms with E-state index < -0.39 is 42.6 Å². The minimum Gasteiger partial charge on any atom is -0.225 e. The molecular formula is C14H14F2N2O4S2. The van der Waals surface area contributed by atoms with Gasteiger partial charge in [0.15, 0.2) is 4.90 Å². The number of nitrogens with one attached hydrogen (secondary N) is 1. The van der Waals surface area contributed by atoms with E-state index in [4.69, 9.17) is 5.14 Å². The van der Waals surface area contributed by atoms with Crippen LogP contribution in [-0.4, -0.2) is 16.8 Å². The smallest absolute Gasteiger partial charge is 0.225 e. The van der Waals surface area contributed by atoms with Gasteiger partial charge in [-0.15, -0.1) is 0 Å². The van der Waals surface area contributed by atoms with Gasteiger partial charge in [-0.2, -0.15) is 0 Å². The second-order valence-corrected chi connectivity index (χ2v) is 8.22. The van der Waals surface area contributed by atoms with Gasteiger partial charge in [0.25, 0.3) is 0 Å². The van der Waals surface area contributed by atoms with Crippen molar-refractivity contribution in [3.8, 4) is 0 Å². The quantitative estimate of drug-likeness (QED) is 0.827. The van der Waals surface area contributed by atoms with Gasteiger partial charge in [0, 0.05) is 6.04 Å². The highest BCUT2D eigenvalue weighted by Gasteiger charge is 2.26. The van der Waals surface area contributed by atoms with Crippen molar-refractivity contribution >= 4 is 20.0 Å². The molecule has 0 aliphatic rings. The van der Waals surface area contributed by atoms with Crippen LogP contribution in [0.2, 0.25) is 0 Å². The molecule has 0 spiro atoms. The summed E-state index contributed by atoms with van der Waals surface area (Å²) >= 11 is 0. The molecule has 0 heterocycles. The molecule has 24 heavy (non-hydrogen) atoms. The van der Waals surface area contributed by atoms with Crippen LogP contribution in [-0.2, 0) is 20.0 Å². The van der Waals surface area contributed by atoms with E-state index in [0.29, 0.717) is 5.56 Å². The number of hydrogen-bond donors (Lipinski definition) is 2. The second kappa shape index (κ2) is 6.55. The van der Waals surface area contributed by atoms with Crippen LogP contribution in [0.4, 0.5) is 8.78 Å². The number of primary sulfonamides is 1. The molecule has 0 aliphatic heterocycles. The Morgan fingerprint density at radius 2 is 1.46 bits per heavy atom. The third kappa shape index (κ3) is 3.96. The Morgan fingerprint density at radius 1 is 0.958 bits per heavy atom. The Kier molecular flexibility index (Phi) is 5.04. The van der Waals surface area contributed by atoms with Crippen LogP contribution in [0.5, 0.6) is 0 Å². The first-order valence-electron chi connectivity index (χ1n) is 6.61. The number of nitrogens with two attached hydrogens (primary N) is 1. The molecule has 2 aromatic carbocycles. The van der Waals surface area contributed by atoms with Crippen LogP contribution < -0.4 is 9.86 Å². The first kappa shape index (κ1) is 18.5. The summed E-state index contributed by atoms with van der Waals surface area (Å²) in [7, 11) is -8.32. The van der Waals surface area contributed by atoms with Crippen molar-refractivity contribution < 1.29 is 25.6 Å². The van der Waals surface area contributed by atoms with Crippen LogP contribution in [0.25, 0.3) is 0 Å².